The minimum absolute atomic E-state index is 0.00268. The molecule has 0 amide bonds. The van der Waals surface area contributed by atoms with Gasteiger partial charge in [-0.2, -0.15) is 0 Å². The van der Waals surface area contributed by atoms with Crippen LogP contribution >= 0.6 is 0 Å². The molecule has 0 N–H and O–H groups in total. The van der Waals surface area contributed by atoms with Gasteiger partial charge in [0.25, 0.3) is 0 Å². The molecule has 0 saturated carbocycles. The number of hydrogen-bond acceptors (Lipinski definition) is 4. The second kappa shape index (κ2) is 11.5. The van der Waals surface area contributed by atoms with Crippen LogP contribution in [0.2, 0.25) is 0 Å². The molecule has 108 valence electrons. The summed E-state index contributed by atoms with van der Waals surface area (Å²) in [4.78, 5) is 11.8. The highest BCUT2D eigenvalue weighted by molar-refractivity contribution is 5.72. The standard InChI is InChI=1S/C14H28O4/c1-5-8-9-13(6-2)14(15)18-12(4)17-11-10-16-7-3/h12-13H,5-11H2,1-4H3. The molecule has 0 aliphatic heterocycles. The molecule has 0 aromatic rings. The van der Waals surface area contributed by atoms with Crippen molar-refractivity contribution in [1.82, 2.24) is 0 Å². The maximum absolute atomic E-state index is 11.8. The predicted molar refractivity (Wildman–Crippen MR) is 71.3 cm³/mol. The minimum Gasteiger partial charge on any atom is -0.436 e. The van der Waals surface area contributed by atoms with Crippen LogP contribution in [0, 0.1) is 5.92 Å². The van der Waals surface area contributed by atoms with E-state index >= 15 is 0 Å². The first-order valence-electron chi connectivity index (χ1n) is 7.05. The average Bonchev–Trinajstić information content (AvgIpc) is 2.35. The molecule has 0 fully saturated rings. The molecular weight excluding hydrogens is 232 g/mol. The third kappa shape index (κ3) is 8.48. The van der Waals surface area contributed by atoms with Gasteiger partial charge in [0.2, 0.25) is 0 Å². The van der Waals surface area contributed by atoms with E-state index in [0.717, 1.165) is 25.7 Å². The summed E-state index contributed by atoms with van der Waals surface area (Å²) in [5.74, 6) is -0.141. The maximum Gasteiger partial charge on any atom is 0.311 e. The Morgan fingerprint density at radius 1 is 1.17 bits per heavy atom. The molecule has 0 radical (unpaired) electrons. The number of unbranched alkanes of at least 4 members (excludes halogenated alkanes) is 1. The van der Waals surface area contributed by atoms with Crippen molar-refractivity contribution in [1.29, 1.82) is 0 Å². The van der Waals surface area contributed by atoms with Crippen LogP contribution in [0.4, 0.5) is 0 Å². The van der Waals surface area contributed by atoms with Crippen molar-refractivity contribution in [2.45, 2.75) is 59.7 Å². The van der Waals surface area contributed by atoms with Gasteiger partial charge in [0.05, 0.1) is 19.1 Å². The predicted octanol–water partition coefficient (Wildman–Crippen LogP) is 3.15. The summed E-state index contributed by atoms with van der Waals surface area (Å²) >= 11 is 0. The van der Waals surface area contributed by atoms with Crippen LogP contribution in [-0.2, 0) is 19.0 Å². The lowest BCUT2D eigenvalue weighted by molar-refractivity contribution is -0.182. The monoisotopic (exact) mass is 260 g/mol. The number of esters is 1. The van der Waals surface area contributed by atoms with Crippen molar-refractivity contribution >= 4 is 5.97 Å². The second-order valence-corrected chi connectivity index (χ2v) is 4.32. The van der Waals surface area contributed by atoms with Crippen molar-refractivity contribution < 1.29 is 19.0 Å². The SMILES string of the molecule is CCCCC(CC)C(=O)OC(C)OCCOCC. The van der Waals surface area contributed by atoms with Crippen LogP contribution in [0.25, 0.3) is 0 Å². The lowest BCUT2D eigenvalue weighted by atomic mass is 10.00. The minimum atomic E-state index is -0.492. The number of rotatable bonds is 11. The Kier molecular flexibility index (Phi) is 11.1. The van der Waals surface area contributed by atoms with E-state index in [1.807, 2.05) is 13.8 Å². The van der Waals surface area contributed by atoms with E-state index in [1.165, 1.54) is 0 Å². The fraction of sp³-hybridized carbons (Fsp3) is 0.929. The van der Waals surface area contributed by atoms with Crippen LogP contribution in [0.15, 0.2) is 0 Å². The zero-order valence-electron chi connectivity index (χ0n) is 12.2. The molecule has 0 aromatic heterocycles. The van der Waals surface area contributed by atoms with Gasteiger partial charge in [0.1, 0.15) is 0 Å². The van der Waals surface area contributed by atoms with E-state index < -0.39 is 6.29 Å². The molecule has 0 spiro atoms. The fourth-order valence-electron chi connectivity index (χ4n) is 1.65. The van der Waals surface area contributed by atoms with Crippen molar-refractivity contribution in [3.8, 4) is 0 Å². The third-order valence-corrected chi connectivity index (χ3v) is 2.80. The molecule has 0 aromatic carbocycles. The molecule has 0 aliphatic carbocycles. The zero-order chi connectivity index (χ0) is 13.8. The van der Waals surface area contributed by atoms with Crippen LogP contribution in [0.5, 0.6) is 0 Å². The van der Waals surface area contributed by atoms with E-state index in [2.05, 4.69) is 6.92 Å². The maximum atomic E-state index is 11.8. The molecule has 0 saturated heterocycles. The number of hydrogen-bond donors (Lipinski definition) is 0. The highest BCUT2D eigenvalue weighted by Crippen LogP contribution is 2.15. The Balaban J connectivity index is 3.81. The van der Waals surface area contributed by atoms with Crippen LogP contribution in [0.1, 0.15) is 53.4 Å². The summed E-state index contributed by atoms with van der Waals surface area (Å²) in [7, 11) is 0. The Labute approximate surface area is 111 Å². The number of ether oxygens (including phenoxy) is 3. The van der Waals surface area contributed by atoms with E-state index in [1.54, 1.807) is 6.92 Å². The molecule has 4 heteroatoms. The topological polar surface area (TPSA) is 44.8 Å². The van der Waals surface area contributed by atoms with E-state index in [4.69, 9.17) is 14.2 Å². The van der Waals surface area contributed by atoms with E-state index in [0.29, 0.717) is 19.8 Å². The smallest absolute Gasteiger partial charge is 0.311 e. The van der Waals surface area contributed by atoms with Crippen LogP contribution in [-0.4, -0.2) is 32.1 Å². The summed E-state index contributed by atoms with van der Waals surface area (Å²) in [5.41, 5.74) is 0. The molecule has 4 nitrogen and oxygen atoms in total. The lowest BCUT2D eigenvalue weighted by Crippen LogP contribution is -2.25. The van der Waals surface area contributed by atoms with Gasteiger partial charge in [-0.25, -0.2) is 0 Å². The first-order valence-corrected chi connectivity index (χ1v) is 7.05. The Hall–Kier alpha value is -0.610. The first-order chi connectivity index (χ1) is 8.65. The van der Waals surface area contributed by atoms with Crippen LogP contribution in [0.3, 0.4) is 0 Å². The second-order valence-electron chi connectivity index (χ2n) is 4.32. The Morgan fingerprint density at radius 3 is 2.44 bits per heavy atom. The van der Waals surface area contributed by atoms with Gasteiger partial charge in [0.15, 0.2) is 6.29 Å². The van der Waals surface area contributed by atoms with Crippen molar-refractivity contribution in [3.05, 3.63) is 0 Å². The van der Waals surface area contributed by atoms with Gasteiger partial charge in [-0.3, -0.25) is 4.79 Å². The highest BCUT2D eigenvalue weighted by Gasteiger charge is 2.19. The highest BCUT2D eigenvalue weighted by atomic mass is 16.7. The Morgan fingerprint density at radius 2 is 1.89 bits per heavy atom. The molecule has 0 aliphatic rings. The van der Waals surface area contributed by atoms with E-state index in [9.17, 15) is 4.79 Å². The molecule has 2 unspecified atom stereocenters. The number of carbonyl (C=O) groups is 1. The molecule has 0 rings (SSSR count). The molecule has 2 atom stereocenters. The fourth-order valence-corrected chi connectivity index (χ4v) is 1.65. The van der Waals surface area contributed by atoms with Gasteiger partial charge in [-0.15, -0.1) is 0 Å². The van der Waals surface area contributed by atoms with Crippen LogP contribution < -0.4 is 0 Å². The lowest BCUT2D eigenvalue weighted by Gasteiger charge is -2.18. The molecular formula is C14H28O4. The number of carbonyl (C=O) groups excluding carboxylic acids is 1. The summed E-state index contributed by atoms with van der Waals surface area (Å²) in [5, 5.41) is 0. The average molecular weight is 260 g/mol. The molecule has 18 heavy (non-hydrogen) atoms. The summed E-state index contributed by atoms with van der Waals surface area (Å²) < 4.78 is 15.8. The van der Waals surface area contributed by atoms with Gasteiger partial charge in [0, 0.05) is 6.61 Å². The largest absolute Gasteiger partial charge is 0.436 e. The summed E-state index contributed by atoms with van der Waals surface area (Å²) in [6.45, 7) is 9.48. The third-order valence-electron chi connectivity index (χ3n) is 2.80. The molecule has 0 heterocycles. The van der Waals surface area contributed by atoms with Crippen molar-refractivity contribution in [2.75, 3.05) is 19.8 Å². The van der Waals surface area contributed by atoms with E-state index in [-0.39, 0.29) is 11.9 Å². The van der Waals surface area contributed by atoms with Crippen molar-refractivity contribution in [2.24, 2.45) is 5.92 Å². The van der Waals surface area contributed by atoms with Gasteiger partial charge in [-0.1, -0.05) is 26.7 Å². The quantitative estimate of drug-likeness (QED) is 0.325. The summed E-state index contributed by atoms with van der Waals surface area (Å²) in [6.07, 6.45) is 3.40. The van der Waals surface area contributed by atoms with Gasteiger partial charge >= 0.3 is 5.97 Å². The molecule has 0 bridgehead atoms. The van der Waals surface area contributed by atoms with Gasteiger partial charge in [-0.05, 0) is 26.7 Å². The zero-order valence-corrected chi connectivity index (χ0v) is 12.2. The summed E-state index contributed by atoms with van der Waals surface area (Å²) in [6, 6.07) is 0. The van der Waals surface area contributed by atoms with Crippen molar-refractivity contribution in [3.63, 3.8) is 0 Å². The Bertz CT molecular complexity index is 206. The normalized spacial score (nSPS) is 14.2. The van der Waals surface area contributed by atoms with Gasteiger partial charge < -0.3 is 14.2 Å². The first kappa shape index (κ1) is 17.4.